The molecule has 1 unspecified atom stereocenters. The van der Waals surface area contributed by atoms with Gasteiger partial charge in [0.25, 0.3) is 0 Å². The average Bonchev–Trinajstić information content (AvgIpc) is 2.14. The van der Waals surface area contributed by atoms with Crippen LogP contribution in [0.2, 0.25) is 10.0 Å². The van der Waals surface area contributed by atoms with Crippen LogP contribution >= 0.6 is 23.2 Å². The highest BCUT2D eigenvalue weighted by atomic mass is 35.5. The number of hydrogen-bond acceptors (Lipinski definition) is 3. The van der Waals surface area contributed by atoms with Crippen molar-refractivity contribution in [3.05, 3.63) is 22.2 Å². The van der Waals surface area contributed by atoms with Crippen molar-refractivity contribution in [1.29, 1.82) is 0 Å². The van der Waals surface area contributed by atoms with Crippen LogP contribution in [0, 0.1) is 5.92 Å². The Bertz CT molecular complexity index is 360. The van der Waals surface area contributed by atoms with Crippen LogP contribution in [0.1, 0.15) is 20.3 Å². The SMILES string of the molecule is CC(C)CC(O)CNc1c(Cl)cc(N)cc1Cl. The van der Waals surface area contributed by atoms with Crippen molar-refractivity contribution in [2.75, 3.05) is 17.6 Å². The summed E-state index contributed by atoms with van der Waals surface area (Å²) in [5.41, 5.74) is 6.74. The lowest BCUT2D eigenvalue weighted by Crippen LogP contribution is -2.21. The molecule has 0 saturated heterocycles. The second kappa shape index (κ2) is 6.34. The summed E-state index contributed by atoms with van der Waals surface area (Å²) in [6, 6.07) is 3.26. The smallest absolute Gasteiger partial charge is 0.0721 e. The fraction of sp³-hybridized carbons (Fsp3) is 0.500. The van der Waals surface area contributed by atoms with E-state index in [1.54, 1.807) is 12.1 Å². The number of nitrogens with two attached hydrogens (primary N) is 1. The topological polar surface area (TPSA) is 58.3 Å². The average molecular weight is 277 g/mol. The molecule has 0 aromatic heterocycles. The van der Waals surface area contributed by atoms with Crippen LogP contribution < -0.4 is 11.1 Å². The van der Waals surface area contributed by atoms with Gasteiger partial charge in [-0.05, 0) is 24.5 Å². The maximum atomic E-state index is 9.74. The number of hydrogen-bond donors (Lipinski definition) is 3. The van der Waals surface area contributed by atoms with E-state index in [0.717, 1.165) is 6.42 Å². The lowest BCUT2D eigenvalue weighted by atomic mass is 10.1. The maximum Gasteiger partial charge on any atom is 0.0721 e. The highest BCUT2D eigenvalue weighted by Crippen LogP contribution is 2.32. The first-order valence-corrected chi connectivity index (χ1v) is 6.32. The van der Waals surface area contributed by atoms with Crippen LogP contribution in [-0.2, 0) is 0 Å². The van der Waals surface area contributed by atoms with Gasteiger partial charge in [0.05, 0.1) is 21.8 Å². The van der Waals surface area contributed by atoms with Gasteiger partial charge in [-0.1, -0.05) is 37.0 Å². The van der Waals surface area contributed by atoms with Gasteiger partial charge in [-0.25, -0.2) is 0 Å². The fourth-order valence-corrected chi connectivity index (χ4v) is 2.25. The highest BCUT2D eigenvalue weighted by Gasteiger charge is 2.10. The van der Waals surface area contributed by atoms with Crippen LogP contribution in [0.4, 0.5) is 11.4 Å². The summed E-state index contributed by atoms with van der Waals surface area (Å²) < 4.78 is 0. The molecule has 3 nitrogen and oxygen atoms in total. The van der Waals surface area contributed by atoms with Crippen LogP contribution in [0.3, 0.4) is 0 Å². The van der Waals surface area contributed by atoms with Crippen LogP contribution in [0.15, 0.2) is 12.1 Å². The summed E-state index contributed by atoms with van der Waals surface area (Å²) in [6.07, 6.45) is 0.316. The molecular weight excluding hydrogens is 259 g/mol. The Morgan fingerprint density at radius 2 is 1.82 bits per heavy atom. The molecule has 0 saturated carbocycles. The Balaban J connectivity index is 2.63. The van der Waals surface area contributed by atoms with Gasteiger partial charge < -0.3 is 16.2 Å². The van der Waals surface area contributed by atoms with E-state index in [1.165, 1.54) is 0 Å². The minimum Gasteiger partial charge on any atom is -0.399 e. The molecule has 96 valence electrons. The normalized spacial score (nSPS) is 12.8. The molecule has 0 bridgehead atoms. The molecule has 0 heterocycles. The molecule has 0 aliphatic heterocycles. The summed E-state index contributed by atoms with van der Waals surface area (Å²) in [5.74, 6) is 0.448. The summed E-state index contributed by atoms with van der Waals surface area (Å²) >= 11 is 12.0. The minimum absolute atomic E-state index is 0.417. The zero-order valence-electron chi connectivity index (χ0n) is 10.0. The molecule has 1 aromatic carbocycles. The van der Waals surface area contributed by atoms with Crippen molar-refractivity contribution >= 4 is 34.6 Å². The maximum absolute atomic E-state index is 9.74. The number of rotatable bonds is 5. The van der Waals surface area contributed by atoms with Crippen molar-refractivity contribution in [3.8, 4) is 0 Å². The van der Waals surface area contributed by atoms with E-state index in [2.05, 4.69) is 19.2 Å². The molecule has 1 rings (SSSR count). The van der Waals surface area contributed by atoms with E-state index in [1.807, 2.05) is 0 Å². The number of anilines is 2. The van der Waals surface area contributed by atoms with E-state index in [0.29, 0.717) is 33.9 Å². The van der Waals surface area contributed by atoms with Gasteiger partial charge in [-0.15, -0.1) is 0 Å². The van der Waals surface area contributed by atoms with E-state index >= 15 is 0 Å². The fourth-order valence-electron chi connectivity index (χ4n) is 1.61. The van der Waals surface area contributed by atoms with Crippen molar-refractivity contribution in [3.63, 3.8) is 0 Å². The number of halogens is 2. The zero-order valence-corrected chi connectivity index (χ0v) is 11.5. The second-order valence-electron chi connectivity index (χ2n) is 4.52. The molecule has 4 N–H and O–H groups in total. The Morgan fingerprint density at radius 3 is 2.29 bits per heavy atom. The number of aliphatic hydroxyl groups excluding tert-OH is 1. The summed E-state index contributed by atoms with van der Waals surface area (Å²) in [4.78, 5) is 0. The van der Waals surface area contributed by atoms with Gasteiger partial charge in [0.15, 0.2) is 0 Å². The lowest BCUT2D eigenvalue weighted by Gasteiger charge is -2.16. The van der Waals surface area contributed by atoms with E-state index in [-0.39, 0.29) is 0 Å². The molecule has 0 aliphatic rings. The van der Waals surface area contributed by atoms with Gasteiger partial charge in [-0.2, -0.15) is 0 Å². The highest BCUT2D eigenvalue weighted by molar-refractivity contribution is 6.39. The number of nitrogens with one attached hydrogen (secondary N) is 1. The van der Waals surface area contributed by atoms with E-state index < -0.39 is 6.10 Å². The zero-order chi connectivity index (χ0) is 13.0. The first kappa shape index (κ1) is 14.4. The molecule has 1 atom stereocenters. The second-order valence-corrected chi connectivity index (χ2v) is 5.34. The predicted octanol–water partition coefficient (Wildman–Crippen LogP) is 3.39. The quantitative estimate of drug-likeness (QED) is 0.723. The van der Waals surface area contributed by atoms with E-state index in [4.69, 9.17) is 28.9 Å². The molecule has 0 spiro atoms. The Kier molecular flexibility index (Phi) is 5.37. The molecule has 0 fully saturated rings. The third-order valence-electron chi connectivity index (χ3n) is 2.32. The Hall–Kier alpha value is -0.640. The molecule has 17 heavy (non-hydrogen) atoms. The Morgan fingerprint density at radius 1 is 1.29 bits per heavy atom. The van der Waals surface area contributed by atoms with Crippen LogP contribution in [0.25, 0.3) is 0 Å². The summed E-state index contributed by atoms with van der Waals surface area (Å²) in [5, 5.41) is 13.7. The Labute approximate surface area is 112 Å². The van der Waals surface area contributed by atoms with Gasteiger partial charge in [-0.3, -0.25) is 0 Å². The summed E-state index contributed by atoms with van der Waals surface area (Å²) in [7, 11) is 0. The van der Waals surface area contributed by atoms with Crippen LogP contribution in [0.5, 0.6) is 0 Å². The lowest BCUT2D eigenvalue weighted by molar-refractivity contribution is 0.161. The molecule has 5 heteroatoms. The number of nitrogen functional groups attached to an aromatic ring is 1. The summed E-state index contributed by atoms with van der Waals surface area (Å²) in [6.45, 7) is 4.54. The molecule has 0 aliphatic carbocycles. The molecule has 1 aromatic rings. The number of aliphatic hydroxyl groups is 1. The molecule has 0 radical (unpaired) electrons. The monoisotopic (exact) mass is 276 g/mol. The van der Waals surface area contributed by atoms with Gasteiger partial charge >= 0.3 is 0 Å². The van der Waals surface area contributed by atoms with Crippen LogP contribution in [-0.4, -0.2) is 17.8 Å². The predicted molar refractivity (Wildman–Crippen MR) is 74.8 cm³/mol. The third kappa shape index (κ3) is 4.62. The largest absolute Gasteiger partial charge is 0.399 e. The van der Waals surface area contributed by atoms with Crippen molar-refractivity contribution < 1.29 is 5.11 Å². The molecular formula is C12H18Cl2N2O. The number of benzene rings is 1. The first-order valence-electron chi connectivity index (χ1n) is 5.56. The minimum atomic E-state index is -0.417. The van der Waals surface area contributed by atoms with Crippen molar-refractivity contribution in [1.82, 2.24) is 0 Å². The van der Waals surface area contributed by atoms with E-state index in [9.17, 15) is 5.11 Å². The third-order valence-corrected chi connectivity index (χ3v) is 2.92. The molecule has 0 amide bonds. The van der Waals surface area contributed by atoms with Crippen molar-refractivity contribution in [2.45, 2.75) is 26.4 Å². The van der Waals surface area contributed by atoms with Gasteiger partial charge in [0.2, 0.25) is 0 Å². The standard InChI is InChI=1S/C12H18Cl2N2O/c1-7(2)3-9(17)6-16-12-10(13)4-8(15)5-11(12)14/h4-5,7,9,16-17H,3,6,15H2,1-2H3. The van der Waals surface area contributed by atoms with Gasteiger partial charge in [0, 0.05) is 12.2 Å². The van der Waals surface area contributed by atoms with Crippen molar-refractivity contribution in [2.24, 2.45) is 5.92 Å². The first-order chi connectivity index (χ1) is 7.90. The van der Waals surface area contributed by atoms with Gasteiger partial charge in [0.1, 0.15) is 0 Å².